The molecule has 0 saturated heterocycles. The third-order valence-electron chi connectivity index (χ3n) is 13.8. The van der Waals surface area contributed by atoms with Gasteiger partial charge in [-0.1, -0.05) is 176 Å². The zero-order valence-corrected chi connectivity index (χ0v) is 39.1. The van der Waals surface area contributed by atoms with E-state index in [2.05, 4.69) is 259 Å². The Balaban J connectivity index is 0.704. The van der Waals surface area contributed by atoms with Crippen LogP contribution in [0.4, 0.5) is 28.4 Å². The summed E-state index contributed by atoms with van der Waals surface area (Å²) in [6.07, 6.45) is 9.77. The van der Waals surface area contributed by atoms with E-state index in [1.54, 1.807) is 0 Å². The molecule has 0 amide bonds. The minimum Gasteiger partial charge on any atom is -0.456 e. The monoisotopic (exact) mass is 914 g/mol. The van der Waals surface area contributed by atoms with Crippen LogP contribution in [0.3, 0.4) is 0 Å². The van der Waals surface area contributed by atoms with Crippen molar-refractivity contribution < 1.29 is 4.42 Å². The predicted octanol–water partition coefficient (Wildman–Crippen LogP) is 19.1. The molecule has 0 saturated carbocycles. The fourth-order valence-electron chi connectivity index (χ4n) is 10.2. The van der Waals surface area contributed by atoms with E-state index >= 15 is 0 Å². The smallest absolute Gasteiger partial charge is 0.135 e. The maximum absolute atomic E-state index is 6.17. The van der Waals surface area contributed by atoms with Gasteiger partial charge in [0.25, 0.3) is 0 Å². The summed E-state index contributed by atoms with van der Waals surface area (Å²) in [6.45, 7) is 0. The number of para-hydroxylation sites is 2. The zero-order chi connectivity index (χ0) is 46.4. The Hall–Kier alpha value is -8.70. The normalized spacial score (nSPS) is 13.4. The van der Waals surface area contributed by atoms with Gasteiger partial charge in [0.05, 0.1) is 6.04 Å². The molecular weight excluding hydrogens is 869 g/mol. The number of hydrogen-bond acceptors (Lipinski definition) is 4. The highest BCUT2D eigenvalue weighted by Crippen LogP contribution is 2.42. The molecule has 0 fully saturated rings. The van der Waals surface area contributed by atoms with Crippen LogP contribution in [0.2, 0.25) is 0 Å². The third kappa shape index (κ3) is 7.75. The molecule has 1 aliphatic rings. The Morgan fingerprint density at radius 1 is 0.343 bits per heavy atom. The van der Waals surface area contributed by atoms with Crippen molar-refractivity contribution in [3.8, 4) is 44.5 Å². The molecule has 0 N–H and O–H groups in total. The van der Waals surface area contributed by atoms with E-state index in [4.69, 9.17) is 4.42 Å². The van der Waals surface area contributed by atoms with E-state index in [0.29, 0.717) is 0 Å². The van der Waals surface area contributed by atoms with Gasteiger partial charge in [0.2, 0.25) is 0 Å². The van der Waals surface area contributed by atoms with Gasteiger partial charge >= 0.3 is 0 Å². The molecule has 70 heavy (non-hydrogen) atoms. The molecule has 4 heteroatoms. The van der Waals surface area contributed by atoms with Crippen molar-refractivity contribution in [2.75, 3.05) is 9.80 Å². The lowest BCUT2D eigenvalue weighted by molar-refractivity contribution is 0.669. The van der Waals surface area contributed by atoms with Crippen LogP contribution in [0.25, 0.3) is 86.6 Å². The van der Waals surface area contributed by atoms with E-state index in [-0.39, 0.29) is 6.04 Å². The van der Waals surface area contributed by atoms with Crippen LogP contribution in [0, 0.1) is 0 Å². The first-order valence-electron chi connectivity index (χ1n) is 24.0. The molecule has 10 aromatic carbocycles. The largest absolute Gasteiger partial charge is 0.456 e. The lowest BCUT2D eigenvalue weighted by Gasteiger charge is -2.32. The summed E-state index contributed by atoms with van der Waals surface area (Å²) in [6, 6.07) is 86.0. The van der Waals surface area contributed by atoms with Gasteiger partial charge < -0.3 is 14.2 Å². The summed E-state index contributed by atoms with van der Waals surface area (Å²) < 4.78 is 8.80. The standard InChI is InChI=1S/C66H46N2OS/c1-3-11-53(12-4-1)67(57-39-41-64-61(43-57)59-15-7-9-17-63(59)69-64)55-35-31-51(32-36-55)49-27-23-47(24-28-49)45-19-21-46(22-20-45)48-25-29-50(30-26-48)52-33-37-56(38-34-52)68(54-13-5-2-6-14-54)58-40-42-66-62(44-58)60-16-8-10-18-65(60)70-66/h1-11,13-44,53H,12H2. The van der Waals surface area contributed by atoms with Crippen LogP contribution in [0.15, 0.2) is 265 Å². The molecule has 0 bridgehead atoms. The van der Waals surface area contributed by atoms with Crippen molar-refractivity contribution >= 4 is 81.9 Å². The number of hydrogen-bond donors (Lipinski definition) is 0. The van der Waals surface area contributed by atoms with Gasteiger partial charge in [-0.05, 0) is 136 Å². The number of anilines is 5. The Labute approximate surface area is 411 Å². The molecule has 1 unspecified atom stereocenters. The maximum atomic E-state index is 6.17. The highest BCUT2D eigenvalue weighted by molar-refractivity contribution is 7.25. The van der Waals surface area contributed by atoms with Gasteiger partial charge in [-0.15, -0.1) is 11.3 Å². The highest BCUT2D eigenvalue weighted by atomic mass is 32.1. The second kappa shape index (κ2) is 17.7. The van der Waals surface area contributed by atoms with Gasteiger partial charge in [-0.2, -0.15) is 0 Å². The zero-order valence-electron chi connectivity index (χ0n) is 38.3. The predicted molar refractivity (Wildman–Crippen MR) is 298 cm³/mol. The molecule has 0 aliphatic heterocycles. The van der Waals surface area contributed by atoms with Crippen LogP contribution < -0.4 is 9.80 Å². The van der Waals surface area contributed by atoms with Gasteiger partial charge in [0.15, 0.2) is 0 Å². The third-order valence-corrected chi connectivity index (χ3v) is 15.0. The Kier molecular flexibility index (Phi) is 10.5. The van der Waals surface area contributed by atoms with Crippen molar-refractivity contribution in [1.82, 2.24) is 0 Å². The van der Waals surface area contributed by atoms with Crippen molar-refractivity contribution in [2.24, 2.45) is 0 Å². The van der Waals surface area contributed by atoms with Crippen molar-refractivity contribution in [2.45, 2.75) is 12.5 Å². The average Bonchev–Trinajstić information content (AvgIpc) is 4.00. The molecule has 2 aromatic heterocycles. The average molecular weight is 915 g/mol. The topological polar surface area (TPSA) is 19.6 Å². The summed E-state index contributed by atoms with van der Waals surface area (Å²) in [4.78, 5) is 4.79. The van der Waals surface area contributed by atoms with Gasteiger partial charge in [0.1, 0.15) is 11.2 Å². The molecular formula is C66H46N2OS. The lowest BCUT2D eigenvalue weighted by atomic mass is 9.96. The number of nitrogens with zero attached hydrogens (tertiary/aromatic N) is 2. The SMILES string of the molecule is C1=CCC(N(c2ccc(-c3ccc(-c4ccc(-c5ccc(-c6ccc(N(c7ccccc7)c7ccc8sc9ccccc9c8c7)cc6)cc5)cc4)cc3)cc2)c2ccc3oc4ccccc4c3c2)C=C1. The first-order valence-corrected chi connectivity index (χ1v) is 24.8. The van der Waals surface area contributed by atoms with E-state index in [0.717, 1.165) is 56.8 Å². The quantitative estimate of drug-likeness (QED) is 0.136. The fourth-order valence-corrected chi connectivity index (χ4v) is 11.3. The Morgan fingerprint density at radius 2 is 0.800 bits per heavy atom. The van der Waals surface area contributed by atoms with E-state index in [1.807, 2.05) is 23.5 Å². The first-order chi connectivity index (χ1) is 34.7. The number of benzene rings is 10. The highest BCUT2D eigenvalue weighted by Gasteiger charge is 2.21. The second-order valence-electron chi connectivity index (χ2n) is 18.0. The molecule has 332 valence electrons. The van der Waals surface area contributed by atoms with Crippen molar-refractivity contribution in [3.05, 3.63) is 261 Å². The molecule has 2 heterocycles. The summed E-state index contributed by atoms with van der Waals surface area (Å²) >= 11 is 1.85. The fraction of sp³-hybridized carbons (Fsp3) is 0.0303. The molecule has 1 aliphatic carbocycles. The molecule has 12 aromatic rings. The minimum absolute atomic E-state index is 0.207. The Bertz CT molecular complexity index is 3880. The molecule has 0 radical (unpaired) electrons. The van der Waals surface area contributed by atoms with Crippen LogP contribution in [0.1, 0.15) is 6.42 Å². The molecule has 13 rings (SSSR count). The Morgan fingerprint density at radius 3 is 1.40 bits per heavy atom. The summed E-state index contributed by atoms with van der Waals surface area (Å²) in [5.74, 6) is 0. The maximum Gasteiger partial charge on any atom is 0.135 e. The summed E-state index contributed by atoms with van der Waals surface area (Å²) in [5.41, 5.74) is 17.1. The van der Waals surface area contributed by atoms with E-state index in [9.17, 15) is 0 Å². The number of fused-ring (bicyclic) bond motifs is 6. The molecule has 3 nitrogen and oxygen atoms in total. The molecule has 1 atom stereocenters. The van der Waals surface area contributed by atoms with Gasteiger partial charge in [0, 0.05) is 59.4 Å². The van der Waals surface area contributed by atoms with Gasteiger partial charge in [-0.3, -0.25) is 0 Å². The molecule has 0 spiro atoms. The van der Waals surface area contributed by atoms with Crippen LogP contribution in [-0.2, 0) is 0 Å². The van der Waals surface area contributed by atoms with Crippen LogP contribution >= 0.6 is 11.3 Å². The van der Waals surface area contributed by atoms with Crippen LogP contribution in [-0.4, -0.2) is 6.04 Å². The summed E-state index contributed by atoms with van der Waals surface area (Å²) in [5, 5.41) is 4.88. The van der Waals surface area contributed by atoms with Gasteiger partial charge in [-0.25, -0.2) is 0 Å². The number of rotatable bonds is 10. The van der Waals surface area contributed by atoms with E-state index < -0.39 is 0 Å². The minimum atomic E-state index is 0.207. The second-order valence-corrected chi connectivity index (χ2v) is 19.1. The number of allylic oxidation sites excluding steroid dienone is 2. The van der Waals surface area contributed by atoms with Crippen molar-refractivity contribution in [1.29, 1.82) is 0 Å². The van der Waals surface area contributed by atoms with E-state index in [1.165, 1.54) is 64.7 Å². The number of furan rings is 1. The number of thiophene rings is 1. The van der Waals surface area contributed by atoms with Crippen molar-refractivity contribution in [3.63, 3.8) is 0 Å². The first kappa shape index (κ1) is 41.5. The lowest BCUT2D eigenvalue weighted by Crippen LogP contribution is -2.29. The van der Waals surface area contributed by atoms with Crippen LogP contribution in [0.5, 0.6) is 0 Å². The summed E-state index contributed by atoms with van der Waals surface area (Å²) in [7, 11) is 0.